The van der Waals surface area contributed by atoms with Crippen molar-refractivity contribution in [2.24, 2.45) is 0 Å². The number of rotatable bonds is 5. The first kappa shape index (κ1) is 15.6. The van der Waals surface area contributed by atoms with Gasteiger partial charge in [-0.3, -0.25) is 9.59 Å². The van der Waals surface area contributed by atoms with Crippen LogP contribution in [0.1, 0.15) is 38.5 Å². The molecule has 0 amide bonds. The lowest BCUT2D eigenvalue weighted by Gasteiger charge is -2.19. The summed E-state index contributed by atoms with van der Waals surface area (Å²) in [5, 5.41) is 16.6. The number of aliphatic hydroxyl groups excluding tert-OH is 1. The summed E-state index contributed by atoms with van der Waals surface area (Å²) in [4.78, 5) is 20.3. The molecule has 1 aliphatic rings. The van der Waals surface area contributed by atoms with E-state index in [0.717, 1.165) is 19.3 Å². The summed E-state index contributed by atoms with van der Waals surface area (Å²) in [6.45, 7) is 3.43. The first-order valence-corrected chi connectivity index (χ1v) is 5.73. The predicted octanol–water partition coefficient (Wildman–Crippen LogP) is 1.50. The predicted molar refractivity (Wildman–Crippen MR) is 62.5 cm³/mol. The van der Waals surface area contributed by atoms with Crippen LogP contribution in [0.15, 0.2) is 12.7 Å². The van der Waals surface area contributed by atoms with Crippen molar-refractivity contribution in [3.05, 3.63) is 12.7 Å². The molecule has 0 aromatic rings. The molecule has 98 valence electrons. The monoisotopic (exact) mass is 244 g/mol. The van der Waals surface area contributed by atoms with Crippen LogP contribution in [-0.2, 0) is 14.3 Å². The lowest BCUT2D eigenvalue weighted by atomic mass is 10.1. The molecule has 0 saturated carbocycles. The number of cyclic esters (lactones) is 1. The van der Waals surface area contributed by atoms with Crippen LogP contribution >= 0.6 is 0 Å². The van der Waals surface area contributed by atoms with Crippen LogP contribution in [-0.4, -0.2) is 34.9 Å². The largest absolute Gasteiger partial charge is 0.481 e. The number of carboxylic acid groups (broad SMARTS) is 1. The first-order chi connectivity index (χ1) is 8.10. The summed E-state index contributed by atoms with van der Waals surface area (Å²) >= 11 is 0. The van der Waals surface area contributed by atoms with Crippen molar-refractivity contribution in [1.82, 2.24) is 0 Å². The fourth-order valence-corrected chi connectivity index (χ4v) is 1.30. The van der Waals surface area contributed by atoms with Gasteiger partial charge in [0.2, 0.25) is 0 Å². The van der Waals surface area contributed by atoms with Gasteiger partial charge in [-0.2, -0.15) is 0 Å². The van der Waals surface area contributed by atoms with Crippen molar-refractivity contribution in [2.75, 3.05) is 6.61 Å². The van der Waals surface area contributed by atoms with Gasteiger partial charge in [0.05, 0.1) is 6.61 Å². The number of unbranched alkanes of at least 4 members (excludes halogenated alkanes) is 1. The molecule has 0 aromatic carbocycles. The van der Waals surface area contributed by atoms with Crippen molar-refractivity contribution in [1.29, 1.82) is 0 Å². The average molecular weight is 244 g/mol. The summed E-state index contributed by atoms with van der Waals surface area (Å²) in [6, 6.07) is 0. The maximum Gasteiger partial charge on any atom is 0.306 e. The second-order valence-electron chi connectivity index (χ2n) is 3.76. The molecule has 1 saturated heterocycles. The average Bonchev–Trinajstić information content (AvgIpc) is 2.30. The lowest BCUT2D eigenvalue weighted by Crippen LogP contribution is -2.26. The number of aliphatic carboxylic acids is 1. The minimum atomic E-state index is -0.730. The number of hydrogen-bond donors (Lipinski definition) is 2. The van der Waals surface area contributed by atoms with Gasteiger partial charge in [-0.25, -0.2) is 0 Å². The molecule has 0 radical (unpaired) electrons. The Morgan fingerprint density at radius 2 is 2.29 bits per heavy atom. The SMILES string of the molecule is C=CCCCC(=O)O.O=C1CCCC(CO)O1. The first-order valence-electron chi connectivity index (χ1n) is 5.73. The fourth-order valence-electron chi connectivity index (χ4n) is 1.30. The van der Waals surface area contributed by atoms with Gasteiger partial charge in [0.25, 0.3) is 0 Å². The zero-order valence-corrected chi connectivity index (χ0v) is 9.93. The van der Waals surface area contributed by atoms with Crippen LogP contribution < -0.4 is 0 Å². The third kappa shape index (κ3) is 9.56. The molecule has 5 nitrogen and oxygen atoms in total. The molecular formula is C12H20O5. The maximum absolute atomic E-state index is 10.5. The standard InChI is InChI=1S/C6H10O3.C6H10O2/c7-4-5-2-1-3-6(8)9-5;1-2-3-4-5-6(7)8/h5,7H,1-4H2;2H,1,3-5H2,(H,7,8). The van der Waals surface area contributed by atoms with Gasteiger partial charge in [0.1, 0.15) is 6.10 Å². The second kappa shape index (κ2) is 9.84. The van der Waals surface area contributed by atoms with Crippen LogP contribution in [0.2, 0.25) is 0 Å². The normalized spacial score (nSPS) is 18.6. The molecule has 1 atom stereocenters. The molecule has 1 fully saturated rings. The van der Waals surface area contributed by atoms with Crippen LogP contribution in [0, 0.1) is 0 Å². The molecule has 5 heteroatoms. The van der Waals surface area contributed by atoms with E-state index in [1.54, 1.807) is 6.08 Å². The zero-order chi connectivity index (χ0) is 13.1. The maximum atomic E-state index is 10.5. The number of carbonyl (C=O) groups excluding carboxylic acids is 1. The summed E-state index contributed by atoms with van der Waals surface area (Å²) < 4.78 is 4.75. The Bertz CT molecular complexity index is 249. The van der Waals surface area contributed by atoms with Gasteiger partial charge in [0, 0.05) is 12.8 Å². The van der Waals surface area contributed by atoms with E-state index in [-0.39, 0.29) is 25.1 Å². The van der Waals surface area contributed by atoms with Crippen LogP contribution in [0.4, 0.5) is 0 Å². The topological polar surface area (TPSA) is 83.8 Å². The van der Waals surface area contributed by atoms with E-state index in [1.807, 2.05) is 0 Å². The highest BCUT2D eigenvalue weighted by molar-refractivity contribution is 5.70. The Labute approximate surface area is 101 Å². The van der Waals surface area contributed by atoms with Crippen molar-refractivity contribution >= 4 is 11.9 Å². The molecule has 0 aromatic heterocycles. The quantitative estimate of drug-likeness (QED) is 0.435. The highest BCUT2D eigenvalue weighted by Crippen LogP contribution is 2.12. The van der Waals surface area contributed by atoms with Gasteiger partial charge >= 0.3 is 11.9 Å². The molecule has 1 aliphatic heterocycles. The highest BCUT2D eigenvalue weighted by atomic mass is 16.6. The molecule has 0 spiro atoms. The number of carboxylic acids is 1. The Balaban J connectivity index is 0.000000304. The van der Waals surface area contributed by atoms with E-state index in [9.17, 15) is 9.59 Å². The zero-order valence-electron chi connectivity index (χ0n) is 9.93. The Morgan fingerprint density at radius 3 is 2.71 bits per heavy atom. The summed E-state index contributed by atoms with van der Waals surface area (Å²) in [7, 11) is 0. The van der Waals surface area contributed by atoms with Gasteiger partial charge in [0.15, 0.2) is 0 Å². The molecule has 1 heterocycles. The number of carbonyl (C=O) groups is 2. The third-order valence-corrected chi connectivity index (χ3v) is 2.21. The van der Waals surface area contributed by atoms with Crippen molar-refractivity contribution < 1.29 is 24.5 Å². The third-order valence-electron chi connectivity index (χ3n) is 2.21. The van der Waals surface area contributed by atoms with Gasteiger partial charge in [-0.05, 0) is 25.7 Å². The highest BCUT2D eigenvalue weighted by Gasteiger charge is 2.18. The van der Waals surface area contributed by atoms with Gasteiger partial charge < -0.3 is 14.9 Å². The second-order valence-corrected chi connectivity index (χ2v) is 3.76. The Morgan fingerprint density at radius 1 is 1.59 bits per heavy atom. The number of allylic oxidation sites excluding steroid dienone is 1. The summed E-state index contributed by atoms with van der Waals surface area (Å²) in [6.07, 6.45) is 5.43. The van der Waals surface area contributed by atoms with E-state index in [4.69, 9.17) is 14.9 Å². The molecule has 0 bridgehead atoms. The molecule has 1 unspecified atom stereocenters. The van der Waals surface area contributed by atoms with E-state index < -0.39 is 5.97 Å². The van der Waals surface area contributed by atoms with E-state index >= 15 is 0 Å². The summed E-state index contributed by atoms with van der Waals surface area (Å²) in [5.74, 6) is -0.910. The molecular weight excluding hydrogens is 224 g/mol. The van der Waals surface area contributed by atoms with E-state index in [0.29, 0.717) is 12.8 Å². The smallest absolute Gasteiger partial charge is 0.306 e. The Kier molecular flexibility index (Phi) is 9.05. The molecule has 0 aliphatic carbocycles. The lowest BCUT2D eigenvalue weighted by molar-refractivity contribution is -0.156. The number of aliphatic hydroxyl groups is 1. The van der Waals surface area contributed by atoms with Gasteiger partial charge in [-0.1, -0.05) is 6.08 Å². The number of hydrogen-bond acceptors (Lipinski definition) is 4. The minimum absolute atomic E-state index is 0.0360. The number of esters is 1. The van der Waals surface area contributed by atoms with E-state index in [2.05, 4.69) is 6.58 Å². The molecule has 2 N–H and O–H groups in total. The Hall–Kier alpha value is -1.36. The van der Waals surface area contributed by atoms with E-state index in [1.165, 1.54) is 0 Å². The van der Waals surface area contributed by atoms with Crippen molar-refractivity contribution in [3.63, 3.8) is 0 Å². The molecule has 1 rings (SSSR count). The van der Waals surface area contributed by atoms with Crippen LogP contribution in [0.3, 0.4) is 0 Å². The minimum Gasteiger partial charge on any atom is -0.481 e. The van der Waals surface area contributed by atoms with Crippen molar-refractivity contribution in [2.45, 2.75) is 44.6 Å². The summed E-state index contributed by atoms with van der Waals surface area (Å²) in [5.41, 5.74) is 0. The van der Waals surface area contributed by atoms with Crippen LogP contribution in [0.5, 0.6) is 0 Å². The van der Waals surface area contributed by atoms with Crippen molar-refractivity contribution in [3.8, 4) is 0 Å². The van der Waals surface area contributed by atoms with Gasteiger partial charge in [-0.15, -0.1) is 6.58 Å². The van der Waals surface area contributed by atoms with Crippen LogP contribution in [0.25, 0.3) is 0 Å². The fraction of sp³-hybridized carbons (Fsp3) is 0.667. The molecule has 17 heavy (non-hydrogen) atoms. The number of ether oxygens (including phenoxy) is 1.